The van der Waals surface area contributed by atoms with E-state index in [-0.39, 0.29) is 25.0 Å². The predicted molar refractivity (Wildman–Crippen MR) is 197 cm³/mol. The van der Waals surface area contributed by atoms with Gasteiger partial charge in [0.05, 0.1) is 18.6 Å². The Kier molecular flexibility index (Phi) is 13.2. The molecule has 10 nitrogen and oxygen atoms in total. The molecule has 4 aromatic rings. The highest BCUT2D eigenvalue weighted by Gasteiger charge is 2.35. The van der Waals surface area contributed by atoms with Crippen LogP contribution in [-0.4, -0.2) is 69.6 Å². The minimum absolute atomic E-state index is 0.00247. The van der Waals surface area contributed by atoms with E-state index in [2.05, 4.69) is 22.2 Å². The zero-order chi connectivity index (χ0) is 36.2. The third kappa shape index (κ3) is 10.6. The third-order valence-corrected chi connectivity index (χ3v) is 8.95. The van der Waals surface area contributed by atoms with E-state index in [1.54, 1.807) is 36.7 Å². The molecule has 0 aliphatic carbocycles. The number of carboxylic acids is 1. The molecule has 1 aromatic heterocycles. The monoisotopic (exact) mass is 692 g/mol. The summed E-state index contributed by atoms with van der Waals surface area (Å²) in [6.07, 6.45) is 10.2. The van der Waals surface area contributed by atoms with E-state index in [1.165, 1.54) is 30.6 Å². The number of amides is 2. The highest BCUT2D eigenvalue weighted by atomic mass is 16.5. The molecule has 3 aromatic carbocycles. The normalized spacial score (nSPS) is 14.7. The smallest absolute Gasteiger partial charge is 0.308 e. The lowest BCUT2D eigenvalue weighted by molar-refractivity contribution is -0.141. The lowest BCUT2D eigenvalue weighted by atomic mass is 10.0. The molecule has 2 atom stereocenters. The van der Waals surface area contributed by atoms with E-state index < -0.39 is 23.8 Å². The van der Waals surface area contributed by atoms with Gasteiger partial charge in [-0.05, 0) is 74.2 Å². The molecule has 1 aliphatic rings. The van der Waals surface area contributed by atoms with Gasteiger partial charge in [0.2, 0.25) is 5.91 Å². The van der Waals surface area contributed by atoms with Gasteiger partial charge >= 0.3 is 5.97 Å². The van der Waals surface area contributed by atoms with E-state index in [0.29, 0.717) is 30.1 Å². The van der Waals surface area contributed by atoms with E-state index in [0.717, 1.165) is 41.0 Å². The van der Waals surface area contributed by atoms with Gasteiger partial charge in [-0.25, -0.2) is 9.97 Å². The fraction of sp³-hybridized carbons (Fsp3) is 0.390. The maximum absolute atomic E-state index is 13.7. The zero-order valence-electron chi connectivity index (χ0n) is 29.7. The molecular weight excluding hydrogens is 644 g/mol. The van der Waals surface area contributed by atoms with E-state index in [1.807, 2.05) is 62.4 Å². The molecule has 1 aliphatic heterocycles. The molecule has 1 fully saturated rings. The van der Waals surface area contributed by atoms with Crippen LogP contribution in [0.15, 0.2) is 85.2 Å². The molecule has 0 saturated carbocycles. The van der Waals surface area contributed by atoms with Crippen molar-refractivity contribution >= 4 is 17.8 Å². The van der Waals surface area contributed by atoms with Crippen molar-refractivity contribution in [3.05, 3.63) is 96.3 Å². The second-order valence-corrected chi connectivity index (χ2v) is 13.3. The van der Waals surface area contributed by atoms with Gasteiger partial charge in [-0.2, -0.15) is 0 Å². The van der Waals surface area contributed by atoms with Crippen molar-refractivity contribution in [2.45, 2.75) is 77.9 Å². The largest absolute Gasteiger partial charge is 0.494 e. The van der Waals surface area contributed by atoms with Crippen LogP contribution in [0.2, 0.25) is 0 Å². The Morgan fingerprint density at radius 1 is 0.843 bits per heavy atom. The molecule has 51 heavy (non-hydrogen) atoms. The van der Waals surface area contributed by atoms with Crippen LogP contribution in [0.4, 0.5) is 0 Å². The quantitative estimate of drug-likeness (QED) is 0.111. The Balaban J connectivity index is 1.22. The van der Waals surface area contributed by atoms with Crippen LogP contribution in [0.5, 0.6) is 11.5 Å². The van der Waals surface area contributed by atoms with Crippen LogP contribution in [0, 0.1) is 5.92 Å². The maximum Gasteiger partial charge on any atom is 0.308 e. The number of likely N-dealkylation sites (tertiary alicyclic amines) is 1. The van der Waals surface area contributed by atoms with Gasteiger partial charge in [0, 0.05) is 48.6 Å². The first-order valence-corrected chi connectivity index (χ1v) is 17.9. The Morgan fingerprint density at radius 3 is 2.12 bits per heavy atom. The molecular formula is C41H48N4O6. The molecule has 268 valence electrons. The number of aliphatic carboxylic acids is 1. The molecule has 0 bridgehead atoms. The topological polar surface area (TPSA) is 131 Å². The number of hydrogen-bond acceptors (Lipinski definition) is 7. The molecule has 2 amide bonds. The summed E-state index contributed by atoms with van der Waals surface area (Å²) >= 11 is 0. The van der Waals surface area contributed by atoms with Crippen molar-refractivity contribution in [1.82, 2.24) is 20.2 Å². The Hall–Kier alpha value is -5.25. The zero-order valence-corrected chi connectivity index (χ0v) is 29.7. The number of ether oxygens (including phenoxy) is 2. The molecule has 2 heterocycles. The van der Waals surface area contributed by atoms with Gasteiger partial charge in [-0.15, -0.1) is 0 Å². The van der Waals surface area contributed by atoms with Gasteiger partial charge in [-0.1, -0.05) is 69.0 Å². The van der Waals surface area contributed by atoms with Crippen LogP contribution < -0.4 is 14.8 Å². The van der Waals surface area contributed by atoms with Gasteiger partial charge < -0.3 is 24.8 Å². The van der Waals surface area contributed by atoms with Crippen molar-refractivity contribution in [3.63, 3.8) is 0 Å². The average molecular weight is 693 g/mol. The molecule has 2 N–H and O–H groups in total. The fourth-order valence-electron chi connectivity index (χ4n) is 6.07. The summed E-state index contributed by atoms with van der Waals surface area (Å²) in [4.78, 5) is 49.3. The first-order valence-electron chi connectivity index (χ1n) is 17.9. The number of carbonyl (C=O) groups excluding carboxylic acids is 2. The number of nitrogens with one attached hydrogen (secondary N) is 1. The maximum atomic E-state index is 13.7. The van der Waals surface area contributed by atoms with Crippen LogP contribution in [0.3, 0.4) is 0 Å². The van der Waals surface area contributed by atoms with Crippen LogP contribution in [0.1, 0.15) is 75.2 Å². The second-order valence-electron chi connectivity index (χ2n) is 13.3. The molecule has 5 rings (SSSR count). The predicted octanol–water partition coefficient (Wildman–Crippen LogP) is 7.22. The Bertz CT molecular complexity index is 1720. The Morgan fingerprint density at radius 2 is 1.49 bits per heavy atom. The number of nitrogens with zero attached hydrogens (tertiary/aromatic N) is 3. The standard InChI is InChI=1S/C41H48N4O6/c1-4-5-6-7-8-23-50-35-17-13-30(14-18-35)34-25-42-38(43-26-34)31-11-9-29(10-12-31)24-37(40(47)45-22-21-33(27-45)41(48)49)44-39(46)32-15-19-36(20-16-32)51-28(2)3/h9-20,25-26,28,33,37H,4-8,21-24,27H2,1-3H3,(H,44,46)(H,48,49)/t33-,37-/m0/s1. The highest BCUT2D eigenvalue weighted by molar-refractivity contribution is 5.98. The van der Waals surface area contributed by atoms with Gasteiger partial charge in [-0.3, -0.25) is 14.4 Å². The number of carboxylic acid groups (broad SMARTS) is 1. The van der Waals surface area contributed by atoms with Gasteiger partial charge in [0.15, 0.2) is 5.82 Å². The summed E-state index contributed by atoms with van der Waals surface area (Å²) in [5, 5.41) is 12.4. The summed E-state index contributed by atoms with van der Waals surface area (Å²) in [6, 6.07) is 21.4. The number of aromatic nitrogens is 2. The molecule has 0 unspecified atom stereocenters. The summed E-state index contributed by atoms with van der Waals surface area (Å²) in [5.74, 6) is -0.186. The summed E-state index contributed by atoms with van der Waals surface area (Å²) < 4.78 is 11.6. The number of unbranched alkanes of at least 4 members (excludes halogenated alkanes) is 4. The SMILES string of the molecule is CCCCCCCOc1ccc(-c2cnc(-c3ccc(C[C@H](NC(=O)c4ccc(OC(C)C)cc4)C(=O)N4CC[C@H](C(=O)O)C4)cc3)nc2)cc1. The first-order chi connectivity index (χ1) is 24.7. The number of rotatable bonds is 17. The lowest BCUT2D eigenvalue weighted by Gasteiger charge is -2.24. The number of benzene rings is 3. The third-order valence-electron chi connectivity index (χ3n) is 8.95. The average Bonchev–Trinajstić information content (AvgIpc) is 3.64. The van der Waals surface area contributed by atoms with E-state index in [9.17, 15) is 19.5 Å². The second kappa shape index (κ2) is 18.1. The van der Waals surface area contributed by atoms with Crippen molar-refractivity contribution in [3.8, 4) is 34.0 Å². The lowest BCUT2D eigenvalue weighted by Crippen LogP contribution is -2.49. The van der Waals surface area contributed by atoms with Crippen molar-refractivity contribution in [2.24, 2.45) is 5.92 Å². The number of hydrogen-bond donors (Lipinski definition) is 2. The van der Waals surface area contributed by atoms with Crippen molar-refractivity contribution < 1.29 is 29.0 Å². The van der Waals surface area contributed by atoms with Gasteiger partial charge in [0.1, 0.15) is 17.5 Å². The molecule has 1 saturated heterocycles. The molecule has 10 heteroatoms. The van der Waals surface area contributed by atoms with E-state index >= 15 is 0 Å². The molecule has 0 radical (unpaired) electrons. The summed E-state index contributed by atoms with van der Waals surface area (Å²) in [7, 11) is 0. The highest BCUT2D eigenvalue weighted by Crippen LogP contribution is 2.25. The van der Waals surface area contributed by atoms with Crippen LogP contribution in [-0.2, 0) is 16.0 Å². The number of carbonyl (C=O) groups is 3. The van der Waals surface area contributed by atoms with Crippen LogP contribution in [0.25, 0.3) is 22.5 Å². The van der Waals surface area contributed by atoms with E-state index in [4.69, 9.17) is 9.47 Å². The van der Waals surface area contributed by atoms with Crippen LogP contribution >= 0.6 is 0 Å². The summed E-state index contributed by atoms with van der Waals surface area (Å²) in [5.41, 5.74) is 3.92. The summed E-state index contributed by atoms with van der Waals surface area (Å²) in [6.45, 7) is 7.23. The fourth-order valence-corrected chi connectivity index (χ4v) is 6.07. The van der Waals surface area contributed by atoms with Crippen molar-refractivity contribution in [1.29, 1.82) is 0 Å². The first kappa shape index (κ1) is 37.0. The minimum atomic E-state index is -0.924. The minimum Gasteiger partial charge on any atom is -0.494 e. The van der Waals surface area contributed by atoms with Gasteiger partial charge in [0.25, 0.3) is 5.91 Å². The molecule has 0 spiro atoms. The van der Waals surface area contributed by atoms with Crippen molar-refractivity contribution in [2.75, 3.05) is 19.7 Å². The Labute approximate surface area is 300 Å².